The molecule has 8 nitrogen and oxygen atoms in total. The second kappa shape index (κ2) is 6.21. The molecule has 11 heteroatoms. The molecular weight excluding hydrogens is 301 g/mol. The van der Waals surface area contributed by atoms with Gasteiger partial charge in [0.05, 0.1) is 0 Å². The van der Waals surface area contributed by atoms with Crippen molar-refractivity contribution < 1.29 is 53.2 Å². The molecule has 0 aromatic carbocycles. The normalized spacial score (nSPS) is 10.5. The van der Waals surface area contributed by atoms with Crippen molar-refractivity contribution in [2.75, 3.05) is 0 Å². The maximum absolute atomic E-state index is 8.85. The molecule has 0 aromatic rings. The molecule has 0 rings (SSSR count). The SMILES string of the molecule is NS(=O)(=O)[O-].NS(=O)(=O)[O-].[Cd+2]. The van der Waals surface area contributed by atoms with E-state index >= 15 is 0 Å². The van der Waals surface area contributed by atoms with Crippen LogP contribution in [-0.2, 0) is 47.9 Å². The van der Waals surface area contributed by atoms with E-state index in [2.05, 4.69) is 10.3 Å². The summed E-state index contributed by atoms with van der Waals surface area (Å²) in [5.74, 6) is 0. The van der Waals surface area contributed by atoms with Gasteiger partial charge in [-0.2, -0.15) is 0 Å². The van der Waals surface area contributed by atoms with Gasteiger partial charge < -0.3 is 9.11 Å². The summed E-state index contributed by atoms with van der Waals surface area (Å²) in [6.07, 6.45) is 0. The summed E-state index contributed by atoms with van der Waals surface area (Å²) in [6, 6.07) is 0. The minimum absolute atomic E-state index is 0. The van der Waals surface area contributed by atoms with Crippen LogP contribution in [0.5, 0.6) is 0 Å². The number of hydrogen-bond acceptors (Lipinski definition) is 6. The first-order valence-electron chi connectivity index (χ1n) is 1.47. The van der Waals surface area contributed by atoms with Crippen molar-refractivity contribution in [1.82, 2.24) is 0 Å². The van der Waals surface area contributed by atoms with Gasteiger partial charge in [-0.3, -0.25) is 0 Å². The third-order valence-electron chi connectivity index (χ3n) is 0. The Bertz CT molecular complexity index is 215. The third-order valence-corrected chi connectivity index (χ3v) is 0. The van der Waals surface area contributed by atoms with Gasteiger partial charge in [0.15, 0.2) is 20.6 Å². The van der Waals surface area contributed by atoms with Gasteiger partial charge in [-0.15, -0.1) is 0 Å². The van der Waals surface area contributed by atoms with Gasteiger partial charge in [-0.1, -0.05) is 0 Å². The predicted octanol–water partition coefficient (Wildman–Crippen LogP) is -3.19. The van der Waals surface area contributed by atoms with Crippen LogP contribution in [0.4, 0.5) is 0 Å². The fourth-order valence-corrected chi connectivity index (χ4v) is 0. The molecule has 4 N–H and O–H groups in total. The van der Waals surface area contributed by atoms with Gasteiger partial charge in [0.1, 0.15) is 0 Å². The molecule has 0 atom stereocenters. The van der Waals surface area contributed by atoms with Crippen molar-refractivity contribution in [1.29, 1.82) is 0 Å². The van der Waals surface area contributed by atoms with Gasteiger partial charge in [-0.05, 0) is 0 Å². The molecule has 0 fully saturated rings. The van der Waals surface area contributed by atoms with Crippen LogP contribution in [-0.4, -0.2) is 25.9 Å². The van der Waals surface area contributed by atoms with Crippen LogP contribution in [0.3, 0.4) is 0 Å². The van der Waals surface area contributed by atoms with Crippen LogP contribution in [0.15, 0.2) is 0 Å². The Kier molecular flexibility index (Phi) is 9.97. The molecule has 0 amide bonds. The fraction of sp³-hybridized carbons (Fsp3) is 0. The minimum atomic E-state index is -4.42. The van der Waals surface area contributed by atoms with Crippen molar-refractivity contribution >= 4 is 20.6 Å². The van der Waals surface area contributed by atoms with Crippen LogP contribution in [0.1, 0.15) is 0 Å². The Morgan fingerprint density at radius 2 is 0.818 bits per heavy atom. The third kappa shape index (κ3) is 1830. The maximum Gasteiger partial charge on any atom is 2.00 e. The first-order chi connectivity index (χ1) is 4.00. The summed E-state index contributed by atoms with van der Waals surface area (Å²) >= 11 is 0. The first kappa shape index (κ1) is 17.7. The van der Waals surface area contributed by atoms with E-state index in [1.165, 1.54) is 0 Å². The molecule has 0 aliphatic rings. The van der Waals surface area contributed by atoms with Crippen molar-refractivity contribution in [3.8, 4) is 0 Å². The van der Waals surface area contributed by atoms with Gasteiger partial charge in [0.2, 0.25) is 0 Å². The van der Waals surface area contributed by atoms with Crippen molar-refractivity contribution in [2.45, 2.75) is 0 Å². The minimum Gasteiger partial charge on any atom is -0.736 e. The average molecular weight is 305 g/mol. The van der Waals surface area contributed by atoms with E-state index in [0.717, 1.165) is 0 Å². The Hall–Kier alpha value is 0.662. The van der Waals surface area contributed by atoms with Crippen LogP contribution in [0, 0.1) is 0 Å². The second-order valence-electron chi connectivity index (χ2n) is 0.986. The molecule has 0 aromatic heterocycles. The van der Waals surface area contributed by atoms with Gasteiger partial charge in [0, 0.05) is 0 Å². The van der Waals surface area contributed by atoms with Crippen LogP contribution in [0.25, 0.3) is 0 Å². The summed E-state index contributed by atoms with van der Waals surface area (Å²) in [5.41, 5.74) is 0. The summed E-state index contributed by atoms with van der Waals surface area (Å²) in [4.78, 5) is 0. The Labute approximate surface area is 83.9 Å². The molecule has 0 aliphatic heterocycles. The molecule has 0 aliphatic carbocycles. The topological polar surface area (TPSA) is 166 Å². The van der Waals surface area contributed by atoms with E-state index in [4.69, 9.17) is 25.9 Å². The van der Waals surface area contributed by atoms with E-state index in [1.54, 1.807) is 0 Å². The number of hydrogen-bond donors (Lipinski definition) is 2. The molecular formula is H4CdN2O6S2. The maximum atomic E-state index is 8.85. The quantitative estimate of drug-likeness (QED) is 0.353. The Balaban J connectivity index is -0.000000107. The zero-order chi connectivity index (χ0) is 9.00. The van der Waals surface area contributed by atoms with Crippen LogP contribution >= 0.6 is 0 Å². The van der Waals surface area contributed by atoms with Crippen molar-refractivity contribution in [3.05, 3.63) is 0 Å². The van der Waals surface area contributed by atoms with Crippen LogP contribution in [0.2, 0.25) is 0 Å². The fourth-order valence-electron chi connectivity index (χ4n) is 0. The van der Waals surface area contributed by atoms with Gasteiger partial charge in [-0.25, -0.2) is 27.1 Å². The monoisotopic (exact) mass is 306 g/mol. The first-order valence-corrected chi connectivity index (χ1v) is 4.41. The summed E-state index contributed by atoms with van der Waals surface area (Å²) < 4.78 is 53.1. The smallest absolute Gasteiger partial charge is 0.736 e. The van der Waals surface area contributed by atoms with E-state index in [9.17, 15) is 0 Å². The van der Waals surface area contributed by atoms with E-state index in [1.807, 2.05) is 0 Å². The van der Waals surface area contributed by atoms with E-state index < -0.39 is 20.6 Å². The van der Waals surface area contributed by atoms with Crippen molar-refractivity contribution in [2.24, 2.45) is 10.3 Å². The predicted molar refractivity (Wildman–Crippen MR) is 27.8 cm³/mol. The molecule has 0 bridgehead atoms. The van der Waals surface area contributed by atoms with Crippen LogP contribution < -0.4 is 10.3 Å². The summed E-state index contributed by atoms with van der Waals surface area (Å²) in [7, 11) is -8.83. The molecule has 0 saturated heterocycles. The number of rotatable bonds is 0. The van der Waals surface area contributed by atoms with E-state index in [-0.39, 0.29) is 27.3 Å². The molecule has 11 heavy (non-hydrogen) atoms. The molecule has 0 heterocycles. The Morgan fingerprint density at radius 3 is 0.818 bits per heavy atom. The zero-order valence-electron chi connectivity index (χ0n) is 5.13. The molecule has 0 radical (unpaired) electrons. The molecule has 64 valence electrons. The number of nitrogens with two attached hydrogens (primary N) is 2. The summed E-state index contributed by atoms with van der Waals surface area (Å²) in [5, 5.41) is 7.54. The van der Waals surface area contributed by atoms with Gasteiger partial charge >= 0.3 is 27.3 Å². The largest absolute Gasteiger partial charge is 2.00 e. The van der Waals surface area contributed by atoms with Gasteiger partial charge in [0.25, 0.3) is 0 Å². The molecule has 0 unspecified atom stereocenters. The second-order valence-corrected chi connectivity index (χ2v) is 2.96. The average Bonchev–Trinajstić information content (AvgIpc) is 1.12. The van der Waals surface area contributed by atoms with Crippen molar-refractivity contribution in [3.63, 3.8) is 0 Å². The molecule has 0 spiro atoms. The Morgan fingerprint density at radius 1 is 0.818 bits per heavy atom. The van der Waals surface area contributed by atoms with E-state index in [0.29, 0.717) is 0 Å². The molecule has 0 saturated carbocycles. The summed E-state index contributed by atoms with van der Waals surface area (Å²) in [6.45, 7) is 0. The standard InChI is InChI=1S/Cd.2H3NO3S/c;2*1-5(2,3)4/h;2*(H3,1,2,3,4)/q+2;;/p-2. The zero-order valence-corrected chi connectivity index (χ0v) is 10.8.